The molecule has 0 fully saturated rings. The molecule has 22 heavy (non-hydrogen) atoms. The fourth-order valence-corrected chi connectivity index (χ4v) is 1.52. The lowest BCUT2D eigenvalue weighted by Gasteiger charge is -2.21. The maximum Gasteiger partial charge on any atom is 0.326 e. The third-order valence-corrected chi connectivity index (χ3v) is 2.63. The summed E-state index contributed by atoms with van der Waals surface area (Å²) >= 11 is 0. The van der Waals surface area contributed by atoms with Gasteiger partial charge in [-0.25, -0.2) is 4.79 Å². The molecule has 0 aliphatic rings. The largest absolute Gasteiger partial charge is 0.480 e. The molecule has 1 aromatic rings. The fraction of sp³-hybridized carbons (Fsp3) is 0.571. The quantitative estimate of drug-likeness (QED) is 0.768. The number of nitrogens with one attached hydrogen (secondary N) is 1. The zero-order valence-electron chi connectivity index (χ0n) is 13.1. The van der Waals surface area contributed by atoms with Crippen molar-refractivity contribution in [2.45, 2.75) is 38.8 Å². The summed E-state index contributed by atoms with van der Waals surface area (Å²) in [5, 5.41) is 18.9. The van der Waals surface area contributed by atoms with Crippen molar-refractivity contribution in [1.82, 2.24) is 15.5 Å². The van der Waals surface area contributed by atoms with E-state index in [0.717, 1.165) is 0 Å². The molecule has 1 unspecified atom stereocenters. The molecule has 2 N–H and O–H groups in total. The van der Waals surface area contributed by atoms with Crippen LogP contribution in [0.2, 0.25) is 0 Å². The van der Waals surface area contributed by atoms with Crippen LogP contribution >= 0.6 is 0 Å². The molecule has 8 heteroatoms. The predicted octanol–water partition coefficient (Wildman–Crippen LogP) is 0.873. The molecular weight excluding hydrogens is 290 g/mol. The molecule has 0 bridgehead atoms. The first-order valence-corrected chi connectivity index (χ1v) is 6.78. The lowest BCUT2D eigenvalue weighted by Crippen LogP contribution is -2.42. The van der Waals surface area contributed by atoms with Gasteiger partial charge in [-0.1, -0.05) is 0 Å². The van der Waals surface area contributed by atoms with Crippen molar-refractivity contribution in [3.8, 4) is 5.88 Å². The minimum atomic E-state index is -1.13. The molecule has 1 rings (SSSR count). The predicted molar refractivity (Wildman–Crippen MR) is 77.8 cm³/mol. The third kappa shape index (κ3) is 6.04. The Labute approximate surface area is 128 Å². The van der Waals surface area contributed by atoms with Gasteiger partial charge in [0.05, 0.1) is 12.7 Å². The summed E-state index contributed by atoms with van der Waals surface area (Å²) in [6, 6.07) is 1.82. The Morgan fingerprint density at radius 1 is 1.32 bits per heavy atom. The summed E-state index contributed by atoms with van der Waals surface area (Å²) in [7, 11) is 1.43. The Morgan fingerprint density at radius 2 is 2.00 bits per heavy atom. The number of amides is 1. The highest BCUT2D eigenvalue weighted by atomic mass is 16.5. The van der Waals surface area contributed by atoms with E-state index in [4.69, 9.17) is 14.6 Å². The zero-order valence-corrected chi connectivity index (χ0v) is 13.1. The van der Waals surface area contributed by atoms with Crippen LogP contribution in [0, 0.1) is 0 Å². The molecule has 0 saturated heterocycles. The van der Waals surface area contributed by atoms with Gasteiger partial charge < -0.3 is 19.9 Å². The van der Waals surface area contributed by atoms with Gasteiger partial charge in [-0.15, -0.1) is 10.2 Å². The monoisotopic (exact) mass is 311 g/mol. The molecule has 0 aromatic carbocycles. The van der Waals surface area contributed by atoms with E-state index in [2.05, 4.69) is 15.5 Å². The summed E-state index contributed by atoms with van der Waals surface area (Å²) in [4.78, 5) is 23.2. The smallest absolute Gasteiger partial charge is 0.326 e. The topological polar surface area (TPSA) is 111 Å². The highest BCUT2D eigenvalue weighted by Gasteiger charge is 2.22. The van der Waals surface area contributed by atoms with Crippen molar-refractivity contribution in [3.63, 3.8) is 0 Å². The van der Waals surface area contributed by atoms with E-state index in [1.165, 1.54) is 19.2 Å². The molecule has 1 amide bonds. The highest BCUT2D eigenvalue weighted by molar-refractivity contribution is 5.94. The van der Waals surface area contributed by atoms with E-state index in [1.54, 1.807) is 0 Å². The lowest BCUT2D eigenvalue weighted by molar-refractivity contribution is -0.140. The van der Waals surface area contributed by atoms with Gasteiger partial charge in [-0.05, 0) is 26.8 Å². The van der Waals surface area contributed by atoms with Gasteiger partial charge in [0.15, 0.2) is 5.69 Å². The molecular formula is C14H21N3O5. The number of hydrogen-bond acceptors (Lipinski definition) is 6. The molecule has 1 heterocycles. The Hall–Kier alpha value is -2.22. The van der Waals surface area contributed by atoms with E-state index in [9.17, 15) is 9.59 Å². The van der Waals surface area contributed by atoms with Crippen molar-refractivity contribution < 1.29 is 24.2 Å². The Bertz CT molecular complexity index is 510. The van der Waals surface area contributed by atoms with E-state index >= 15 is 0 Å². The summed E-state index contributed by atoms with van der Waals surface area (Å²) < 4.78 is 10.3. The van der Waals surface area contributed by atoms with Crippen LogP contribution < -0.4 is 10.1 Å². The number of carboxylic acid groups (broad SMARTS) is 1. The molecule has 0 saturated carbocycles. The first-order valence-electron chi connectivity index (χ1n) is 6.78. The number of aromatic nitrogens is 2. The molecule has 1 atom stereocenters. The summed E-state index contributed by atoms with van der Waals surface area (Å²) in [6.45, 7) is 5.83. The second-order valence-electron chi connectivity index (χ2n) is 5.57. The minimum absolute atomic E-state index is 0.0174. The molecule has 0 radical (unpaired) electrons. The lowest BCUT2D eigenvalue weighted by atomic mass is 10.1. The number of aliphatic carboxylic acids is 1. The van der Waals surface area contributed by atoms with Gasteiger partial charge in [0, 0.05) is 19.1 Å². The zero-order chi connectivity index (χ0) is 16.8. The van der Waals surface area contributed by atoms with Crippen LogP contribution in [0.1, 0.15) is 37.7 Å². The van der Waals surface area contributed by atoms with Gasteiger partial charge in [0.2, 0.25) is 5.88 Å². The SMILES string of the molecule is COc1ccc(C(=O)NC(CCOC(C)(C)C)C(=O)O)nn1. The normalized spacial score (nSPS) is 12.5. The average Bonchev–Trinajstić information content (AvgIpc) is 2.44. The van der Waals surface area contributed by atoms with E-state index in [-0.39, 0.29) is 30.2 Å². The molecule has 122 valence electrons. The van der Waals surface area contributed by atoms with Crippen LogP contribution in [0.15, 0.2) is 12.1 Å². The fourth-order valence-electron chi connectivity index (χ4n) is 1.52. The third-order valence-electron chi connectivity index (χ3n) is 2.63. The molecule has 0 spiro atoms. The minimum Gasteiger partial charge on any atom is -0.480 e. The van der Waals surface area contributed by atoms with Gasteiger partial charge in [-0.2, -0.15) is 0 Å². The number of carbonyl (C=O) groups excluding carboxylic acids is 1. The van der Waals surface area contributed by atoms with Gasteiger partial charge in [0.1, 0.15) is 6.04 Å². The number of rotatable bonds is 7. The first kappa shape index (κ1) is 17.8. The number of hydrogen-bond donors (Lipinski definition) is 2. The maximum atomic E-state index is 12.0. The van der Waals surface area contributed by atoms with Crippen LogP contribution in [0.4, 0.5) is 0 Å². The average molecular weight is 311 g/mol. The summed E-state index contributed by atoms with van der Waals surface area (Å²) in [5.41, 5.74) is -0.349. The number of carbonyl (C=O) groups is 2. The van der Waals surface area contributed by atoms with Crippen LogP contribution in [0.5, 0.6) is 5.88 Å². The number of nitrogens with zero attached hydrogens (tertiary/aromatic N) is 2. The maximum absolute atomic E-state index is 12.0. The van der Waals surface area contributed by atoms with Crippen molar-refractivity contribution in [3.05, 3.63) is 17.8 Å². The second kappa shape index (κ2) is 7.69. The van der Waals surface area contributed by atoms with Crippen molar-refractivity contribution >= 4 is 11.9 Å². The van der Waals surface area contributed by atoms with Gasteiger partial charge in [0.25, 0.3) is 5.91 Å². The first-order chi connectivity index (χ1) is 10.2. The van der Waals surface area contributed by atoms with Crippen LogP contribution in [-0.4, -0.2) is 52.5 Å². The number of carboxylic acids is 1. The van der Waals surface area contributed by atoms with E-state index < -0.39 is 17.9 Å². The molecule has 0 aliphatic heterocycles. The highest BCUT2D eigenvalue weighted by Crippen LogP contribution is 2.09. The molecule has 8 nitrogen and oxygen atoms in total. The Balaban J connectivity index is 2.61. The van der Waals surface area contributed by atoms with Crippen molar-refractivity contribution in [2.24, 2.45) is 0 Å². The van der Waals surface area contributed by atoms with Crippen molar-refractivity contribution in [1.29, 1.82) is 0 Å². The van der Waals surface area contributed by atoms with Crippen molar-refractivity contribution in [2.75, 3.05) is 13.7 Å². The molecule has 1 aromatic heterocycles. The van der Waals surface area contributed by atoms with Crippen LogP contribution in [0.3, 0.4) is 0 Å². The standard InChI is InChI=1S/C14H21N3O5/c1-14(2,3)22-8-7-10(13(19)20)15-12(18)9-5-6-11(21-4)17-16-9/h5-6,10H,7-8H2,1-4H3,(H,15,18)(H,19,20). The number of ether oxygens (including phenoxy) is 2. The van der Waals surface area contributed by atoms with Gasteiger partial charge in [-0.3, -0.25) is 4.79 Å². The Morgan fingerprint density at radius 3 is 2.45 bits per heavy atom. The van der Waals surface area contributed by atoms with Gasteiger partial charge >= 0.3 is 5.97 Å². The second-order valence-corrected chi connectivity index (χ2v) is 5.57. The van der Waals surface area contributed by atoms with Crippen LogP contribution in [0.25, 0.3) is 0 Å². The van der Waals surface area contributed by atoms with E-state index in [1.807, 2.05) is 20.8 Å². The summed E-state index contributed by atoms with van der Waals surface area (Å²) in [6.07, 6.45) is 0.155. The van der Waals surface area contributed by atoms with E-state index in [0.29, 0.717) is 0 Å². The summed E-state index contributed by atoms with van der Waals surface area (Å²) in [5.74, 6) is -1.48. The number of methoxy groups -OCH3 is 1. The molecule has 0 aliphatic carbocycles. The van der Waals surface area contributed by atoms with Crippen LogP contribution in [-0.2, 0) is 9.53 Å². The Kier molecular flexibility index (Phi) is 6.24.